The molecule has 2 heterocycles. The molecular formula is C34H32Cl2N2O6S. The highest BCUT2D eigenvalue weighted by molar-refractivity contribution is 7.07. The van der Waals surface area contributed by atoms with Gasteiger partial charge >= 0.3 is 5.97 Å². The van der Waals surface area contributed by atoms with Crippen LogP contribution in [0.2, 0.25) is 10.0 Å². The van der Waals surface area contributed by atoms with Gasteiger partial charge in [-0.1, -0.05) is 78.2 Å². The summed E-state index contributed by atoms with van der Waals surface area (Å²) in [5.41, 5.74) is 2.65. The summed E-state index contributed by atoms with van der Waals surface area (Å²) in [6.45, 7) is 4.21. The van der Waals surface area contributed by atoms with Gasteiger partial charge in [0, 0.05) is 10.6 Å². The van der Waals surface area contributed by atoms with Gasteiger partial charge in [-0.05, 0) is 60.9 Å². The van der Waals surface area contributed by atoms with Crippen molar-refractivity contribution in [1.82, 2.24) is 4.57 Å². The third kappa shape index (κ3) is 6.81. The average molecular weight is 668 g/mol. The molecule has 4 aromatic rings. The lowest BCUT2D eigenvalue weighted by atomic mass is 9.93. The second kappa shape index (κ2) is 14.4. The van der Waals surface area contributed by atoms with E-state index in [1.54, 1.807) is 43.3 Å². The van der Waals surface area contributed by atoms with Crippen molar-refractivity contribution in [3.8, 4) is 17.2 Å². The van der Waals surface area contributed by atoms with Gasteiger partial charge in [-0.25, -0.2) is 9.79 Å². The number of carbonyl (C=O) groups excluding carboxylic acids is 1. The van der Waals surface area contributed by atoms with E-state index < -0.39 is 12.0 Å². The molecule has 234 valence electrons. The molecule has 0 amide bonds. The minimum atomic E-state index is -0.871. The first kappa shape index (κ1) is 32.3. The van der Waals surface area contributed by atoms with Crippen LogP contribution in [0.5, 0.6) is 17.2 Å². The van der Waals surface area contributed by atoms with E-state index in [0.717, 1.165) is 12.0 Å². The number of allylic oxidation sites excluding steroid dienone is 1. The molecule has 0 aliphatic carbocycles. The van der Waals surface area contributed by atoms with E-state index in [1.165, 1.54) is 30.1 Å². The van der Waals surface area contributed by atoms with Crippen LogP contribution in [0.15, 0.2) is 81.7 Å². The lowest BCUT2D eigenvalue weighted by Crippen LogP contribution is -2.40. The molecule has 1 atom stereocenters. The lowest BCUT2D eigenvalue weighted by molar-refractivity contribution is -0.139. The standard InChI is InChI=1S/C34H32Cl2N2O6S/c1-5-10-25-29(33(40)43-6-2)30(23-18-22(35)13-14-26(23)41-3)38-32(39)28(45-34(38)37-25)17-21-15-24(36)31(27(16-21)42-4)44-19-20-11-8-7-9-12-20/h7-9,11-18,30H,5-6,10,19H2,1-4H3/b28-17+/t30-/m0/s1. The fourth-order valence-corrected chi connectivity index (χ4v) is 6.65. The molecule has 1 aromatic heterocycles. The molecule has 45 heavy (non-hydrogen) atoms. The van der Waals surface area contributed by atoms with E-state index >= 15 is 0 Å². The van der Waals surface area contributed by atoms with Crippen LogP contribution in [0, 0.1) is 0 Å². The molecule has 0 fully saturated rings. The van der Waals surface area contributed by atoms with Gasteiger partial charge in [-0.3, -0.25) is 9.36 Å². The molecule has 1 aliphatic heterocycles. The zero-order valence-corrected chi connectivity index (χ0v) is 27.6. The number of methoxy groups -OCH3 is 2. The zero-order chi connectivity index (χ0) is 32.1. The zero-order valence-electron chi connectivity index (χ0n) is 25.3. The Morgan fingerprint density at radius 1 is 1.02 bits per heavy atom. The molecule has 0 saturated heterocycles. The van der Waals surface area contributed by atoms with Crippen molar-refractivity contribution in [3.63, 3.8) is 0 Å². The number of nitrogens with zero attached hydrogens (tertiary/aromatic N) is 2. The molecule has 0 saturated carbocycles. The van der Waals surface area contributed by atoms with Crippen molar-refractivity contribution in [2.45, 2.75) is 39.3 Å². The third-order valence-corrected chi connectivity index (χ3v) is 8.65. The Balaban J connectivity index is 1.66. The van der Waals surface area contributed by atoms with Gasteiger partial charge in [0.2, 0.25) is 0 Å². The van der Waals surface area contributed by atoms with Crippen LogP contribution in [0.3, 0.4) is 0 Å². The highest BCUT2D eigenvalue weighted by Gasteiger charge is 2.36. The number of ether oxygens (including phenoxy) is 4. The minimum absolute atomic E-state index is 0.166. The Bertz CT molecular complexity index is 1930. The summed E-state index contributed by atoms with van der Waals surface area (Å²) < 4.78 is 24.6. The maximum absolute atomic E-state index is 14.2. The normalized spacial score (nSPS) is 14.5. The molecule has 0 bridgehead atoms. The molecular weight excluding hydrogens is 635 g/mol. The Morgan fingerprint density at radius 3 is 2.47 bits per heavy atom. The Labute approximate surface area is 274 Å². The van der Waals surface area contributed by atoms with Crippen LogP contribution in [-0.2, 0) is 16.1 Å². The van der Waals surface area contributed by atoms with Crippen LogP contribution < -0.4 is 29.1 Å². The number of benzene rings is 3. The van der Waals surface area contributed by atoms with Gasteiger partial charge in [-0.15, -0.1) is 0 Å². The topological polar surface area (TPSA) is 88.4 Å². The SMILES string of the molecule is CCCC1=C(C(=O)OCC)[C@H](c2cc(Cl)ccc2OC)n2c(s/c(=C/c3cc(Cl)c(OCc4ccccc4)c(OC)c3)c2=O)=N1. The minimum Gasteiger partial charge on any atom is -0.496 e. The van der Waals surface area contributed by atoms with Gasteiger partial charge < -0.3 is 18.9 Å². The fourth-order valence-electron chi connectivity index (χ4n) is 5.18. The van der Waals surface area contributed by atoms with E-state index in [1.807, 2.05) is 37.3 Å². The van der Waals surface area contributed by atoms with Gasteiger partial charge in [0.15, 0.2) is 16.3 Å². The van der Waals surface area contributed by atoms with Crippen LogP contribution >= 0.6 is 34.5 Å². The molecule has 0 radical (unpaired) electrons. The van der Waals surface area contributed by atoms with E-state index in [4.69, 9.17) is 47.1 Å². The Morgan fingerprint density at radius 2 is 1.78 bits per heavy atom. The maximum atomic E-state index is 14.2. The van der Waals surface area contributed by atoms with Crippen molar-refractivity contribution in [3.05, 3.63) is 118 Å². The van der Waals surface area contributed by atoms with Crippen LogP contribution in [-0.4, -0.2) is 31.4 Å². The number of aromatic nitrogens is 1. The molecule has 1 aliphatic rings. The summed E-state index contributed by atoms with van der Waals surface area (Å²) in [7, 11) is 3.06. The number of carbonyl (C=O) groups is 1. The first-order valence-electron chi connectivity index (χ1n) is 14.4. The molecule has 3 aromatic carbocycles. The van der Waals surface area contributed by atoms with Gasteiger partial charge in [0.1, 0.15) is 18.4 Å². The summed E-state index contributed by atoms with van der Waals surface area (Å²) >= 11 is 14.3. The number of halogens is 2. The predicted molar refractivity (Wildman–Crippen MR) is 176 cm³/mol. The molecule has 0 N–H and O–H groups in total. The van der Waals surface area contributed by atoms with Crippen molar-refractivity contribution in [2.75, 3.05) is 20.8 Å². The fraction of sp³-hybridized carbons (Fsp3) is 0.265. The van der Waals surface area contributed by atoms with Crippen molar-refractivity contribution in [2.24, 2.45) is 4.99 Å². The monoisotopic (exact) mass is 666 g/mol. The first-order chi connectivity index (χ1) is 21.8. The summed E-state index contributed by atoms with van der Waals surface area (Å²) in [6.07, 6.45) is 2.96. The van der Waals surface area contributed by atoms with E-state index in [9.17, 15) is 9.59 Å². The first-order valence-corrected chi connectivity index (χ1v) is 16.0. The quantitative estimate of drug-likeness (QED) is 0.170. The molecule has 0 spiro atoms. The number of thiazole rings is 1. The summed E-state index contributed by atoms with van der Waals surface area (Å²) in [5, 5.41) is 0.766. The third-order valence-electron chi connectivity index (χ3n) is 7.15. The van der Waals surface area contributed by atoms with E-state index in [2.05, 4.69) is 0 Å². The maximum Gasteiger partial charge on any atom is 0.338 e. The lowest BCUT2D eigenvalue weighted by Gasteiger charge is -2.27. The van der Waals surface area contributed by atoms with E-state index in [-0.39, 0.29) is 17.7 Å². The van der Waals surface area contributed by atoms with Crippen LogP contribution in [0.1, 0.15) is 49.4 Å². The van der Waals surface area contributed by atoms with Gasteiger partial charge in [-0.2, -0.15) is 0 Å². The second-order valence-corrected chi connectivity index (χ2v) is 12.0. The molecule has 8 nitrogen and oxygen atoms in total. The number of rotatable bonds is 11. The van der Waals surface area contributed by atoms with Crippen molar-refractivity contribution >= 4 is 46.6 Å². The predicted octanol–water partition coefficient (Wildman–Crippen LogP) is 6.48. The molecule has 5 rings (SSSR count). The number of hydrogen-bond donors (Lipinski definition) is 0. The summed E-state index contributed by atoms with van der Waals surface area (Å²) in [5.74, 6) is 0.751. The second-order valence-electron chi connectivity index (χ2n) is 10.1. The Kier molecular flexibility index (Phi) is 10.3. The smallest absolute Gasteiger partial charge is 0.338 e. The highest BCUT2D eigenvalue weighted by Crippen LogP contribution is 2.39. The number of esters is 1. The van der Waals surface area contributed by atoms with Crippen molar-refractivity contribution in [1.29, 1.82) is 0 Å². The van der Waals surface area contributed by atoms with Crippen LogP contribution in [0.4, 0.5) is 0 Å². The molecule has 0 unspecified atom stereocenters. The summed E-state index contributed by atoms with van der Waals surface area (Å²) in [6, 6.07) is 17.4. The van der Waals surface area contributed by atoms with Crippen molar-refractivity contribution < 1.29 is 23.7 Å². The van der Waals surface area contributed by atoms with Gasteiger partial charge in [0.05, 0.1) is 41.7 Å². The largest absolute Gasteiger partial charge is 0.496 e. The molecule has 11 heteroatoms. The van der Waals surface area contributed by atoms with Gasteiger partial charge in [0.25, 0.3) is 5.56 Å². The van der Waals surface area contributed by atoms with Crippen LogP contribution in [0.25, 0.3) is 6.08 Å². The summed E-state index contributed by atoms with van der Waals surface area (Å²) in [4.78, 5) is 32.9. The Hall–Kier alpha value is -4.05. The number of fused-ring (bicyclic) bond motifs is 1. The number of hydrogen-bond acceptors (Lipinski definition) is 8. The van der Waals surface area contributed by atoms with E-state index in [0.29, 0.717) is 66.5 Å². The average Bonchev–Trinajstić information content (AvgIpc) is 3.34. The highest BCUT2D eigenvalue weighted by atomic mass is 35.5.